The highest BCUT2D eigenvalue weighted by Crippen LogP contribution is 2.38. The van der Waals surface area contributed by atoms with Gasteiger partial charge in [0.2, 0.25) is 0 Å². The van der Waals surface area contributed by atoms with E-state index in [1.54, 1.807) is 6.26 Å². The number of phosphoric ester groups is 1. The van der Waals surface area contributed by atoms with Gasteiger partial charge in [0.1, 0.15) is 19.8 Å². The van der Waals surface area contributed by atoms with Crippen LogP contribution in [0, 0.1) is 0 Å². The lowest BCUT2D eigenvalue weighted by Gasteiger charge is -2.28. The van der Waals surface area contributed by atoms with Crippen LogP contribution < -0.4 is 4.89 Å². The quantitative estimate of drug-likeness (QED) is 0.0156. The Hall–Kier alpha value is -1.18. The number of likely N-dealkylation sites (N-methyl/N-ethyl adjacent to an activating group) is 1. The van der Waals surface area contributed by atoms with Gasteiger partial charge in [0, 0.05) is 6.42 Å². The highest BCUT2D eigenvalue weighted by atomic mass is 31.2. The molecule has 8 nitrogen and oxygen atoms in total. The summed E-state index contributed by atoms with van der Waals surface area (Å²) in [6.45, 7) is 4.72. The number of phosphoric acid groups is 1. The summed E-state index contributed by atoms with van der Waals surface area (Å²) in [5, 5.41) is 0. The summed E-state index contributed by atoms with van der Waals surface area (Å²) in [5.41, 5.74) is 0. The molecule has 0 N–H and O–H groups in total. The number of nitrogens with zero attached hydrogens (tertiary/aromatic N) is 1. The van der Waals surface area contributed by atoms with E-state index in [2.05, 4.69) is 26.0 Å². The molecule has 0 aliphatic rings. The van der Waals surface area contributed by atoms with E-state index in [-0.39, 0.29) is 25.8 Å². The van der Waals surface area contributed by atoms with Crippen LogP contribution in [0.4, 0.5) is 0 Å². The molecule has 0 bridgehead atoms. The molecule has 0 saturated heterocycles. The number of carbonyl (C=O) groups is 1. The number of hydrogen-bond acceptors (Lipinski definition) is 7. The van der Waals surface area contributed by atoms with Crippen LogP contribution in [-0.4, -0.2) is 64.1 Å². The van der Waals surface area contributed by atoms with Crippen LogP contribution in [0.1, 0.15) is 181 Å². The molecule has 0 radical (unpaired) electrons. The first-order chi connectivity index (χ1) is 24.1. The van der Waals surface area contributed by atoms with Crippen LogP contribution in [-0.2, 0) is 27.9 Å². The third kappa shape index (κ3) is 38.1. The highest BCUT2D eigenvalue weighted by molar-refractivity contribution is 7.45. The van der Waals surface area contributed by atoms with E-state index in [1.807, 2.05) is 27.2 Å². The summed E-state index contributed by atoms with van der Waals surface area (Å²) in [5.74, 6) is -0.358. The van der Waals surface area contributed by atoms with Gasteiger partial charge in [-0.2, -0.15) is 0 Å². The van der Waals surface area contributed by atoms with E-state index >= 15 is 0 Å². The van der Waals surface area contributed by atoms with E-state index in [0.717, 1.165) is 32.1 Å². The van der Waals surface area contributed by atoms with Gasteiger partial charge in [0.05, 0.1) is 34.0 Å². The zero-order chi connectivity index (χ0) is 37.0. The maximum atomic E-state index is 12.6. The SMILES string of the molecule is CCCCCC/C=C\CCCCCCCC/C=C\OC[C@H](COP(=O)([O-])OCC[N+](C)(C)C)OC(=O)CCCCCCCCCCCCCC. The average Bonchev–Trinajstić information content (AvgIpc) is 3.06. The summed E-state index contributed by atoms with van der Waals surface area (Å²) in [7, 11) is 1.33. The Balaban J connectivity index is 4.31. The van der Waals surface area contributed by atoms with Crippen molar-refractivity contribution in [2.45, 2.75) is 187 Å². The highest BCUT2D eigenvalue weighted by Gasteiger charge is 2.20. The van der Waals surface area contributed by atoms with Gasteiger partial charge in [-0.25, -0.2) is 0 Å². The van der Waals surface area contributed by atoms with Gasteiger partial charge >= 0.3 is 5.97 Å². The van der Waals surface area contributed by atoms with E-state index in [0.29, 0.717) is 17.4 Å². The van der Waals surface area contributed by atoms with Gasteiger partial charge in [-0.1, -0.05) is 142 Å². The molecule has 2 atom stereocenters. The largest absolute Gasteiger partial charge is 0.756 e. The number of carbonyl (C=O) groups excluding carboxylic acids is 1. The second kappa shape index (κ2) is 34.9. The average molecular weight is 730 g/mol. The molecule has 0 aromatic rings. The van der Waals surface area contributed by atoms with E-state index in [1.165, 1.54) is 128 Å². The number of esters is 1. The Morgan fingerprint density at radius 2 is 1.06 bits per heavy atom. The van der Waals surface area contributed by atoms with Crippen LogP contribution in [0.3, 0.4) is 0 Å². The zero-order valence-corrected chi connectivity index (χ0v) is 34.2. The van der Waals surface area contributed by atoms with Crippen molar-refractivity contribution >= 4 is 13.8 Å². The number of rotatable bonds is 38. The summed E-state index contributed by atoms with van der Waals surface area (Å²) in [6.07, 6.45) is 38.5. The molecule has 50 heavy (non-hydrogen) atoms. The fourth-order valence-corrected chi connectivity index (χ4v) is 6.29. The van der Waals surface area contributed by atoms with Gasteiger partial charge in [-0.05, 0) is 51.0 Å². The maximum absolute atomic E-state index is 12.6. The summed E-state index contributed by atoms with van der Waals surface area (Å²) in [6, 6.07) is 0. The number of unbranched alkanes of at least 4 members (excludes halogenated alkanes) is 22. The first-order valence-corrected chi connectivity index (χ1v) is 22.1. The molecule has 0 aliphatic carbocycles. The Morgan fingerprint density at radius 3 is 1.56 bits per heavy atom. The molecule has 0 saturated carbocycles. The third-order valence-corrected chi connectivity index (χ3v) is 9.78. The fourth-order valence-electron chi connectivity index (χ4n) is 5.56. The minimum absolute atomic E-state index is 0.0174. The summed E-state index contributed by atoms with van der Waals surface area (Å²) < 4.78 is 34.2. The Morgan fingerprint density at radius 1 is 0.620 bits per heavy atom. The van der Waals surface area contributed by atoms with E-state index < -0.39 is 13.9 Å². The molecule has 9 heteroatoms. The van der Waals surface area contributed by atoms with Gasteiger partial charge in [0.15, 0.2) is 6.10 Å². The minimum Gasteiger partial charge on any atom is -0.756 e. The number of hydrogen-bond donors (Lipinski definition) is 0. The minimum atomic E-state index is -4.53. The van der Waals surface area contributed by atoms with Crippen molar-refractivity contribution in [1.29, 1.82) is 0 Å². The molecule has 0 fully saturated rings. The second-order valence-corrected chi connectivity index (χ2v) is 16.5. The Bertz CT molecular complexity index is 858. The van der Waals surface area contributed by atoms with Crippen molar-refractivity contribution in [3.63, 3.8) is 0 Å². The normalized spacial score (nSPS) is 14.0. The molecule has 0 aliphatic heterocycles. The molecule has 0 aromatic carbocycles. The van der Waals surface area contributed by atoms with Crippen LogP contribution >= 0.6 is 7.82 Å². The molecule has 0 aromatic heterocycles. The lowest BCUT2D eigenvalue weighted by molar-refractivity contribution is -0.870. The van der Waals surface area contributed by atoms with Gasteiger partial charge < -0.3 is 27.9 Å². The lowest BCUT2D eigenvalue weighted by atomic mass is 10.0. The third-order valence-electron chi connectivity index (χ3n) is 8.82. The van der Waals surface area contributed by atoms with Gasteiger partial charge in [-0.15, -0.1) is 0 Å². The number of allylic oxidation sites excluding steroid dienone is 3. The zero-order valence-electron chi connectivity index (χ0n) is 33.4. The van der Waals surface area contributed by atoms with E-state index in [9.17, 15) is 14.3 Å². The molecule has 296 valence electrons. The standard InChI is InChI=1S/C41H80NO7P/c1-6-8-10-12-14-16-18-20-21-22-23-25-27-29-31-33-36-46-38-40(39-48-50(44,45)47-37-35-42(3,4)5)49-41(43)34-32-30-28-26-24-19-17-15-13-11-9-7-2/h16,18,33,36,40H,6-15,17,19-32,34-35,37-39H2,1-5H3/b18-16-,36-33-/t40-/m1/s1. The predicted octanol–water partition coefficient (Wildman–Crippen LogP) is 11.4. The van der Waals surface area contributed by atoms with Crippen molar-refractivity contribution in [2.75, 3.05) is 47.5 Å². The van der Waals surface area contributed by atoms with E-state index in [4.69, 9.17) is 18.5 Å². The first kappa shape index (κ1) is 48.8. The summed E-state index contributed by atoms with van der Waals surface area (Å²) in [4.78, 5) is 24.9. The molecule has 0 amide bonds. The van der Waals surface area contributed by atoms with Crippen LogP contribution in [0.5, 0.6) is 0 Å². The van der Waals surface area contributed by atoms with Crippen molar-refractivity contribution < 1.29 is 37.3 Å². The Labute approximate surface area is 309 Å². The van der Waals surface area contributed by atoms with Crippen LogP contribution in [0.25, 0.3) is 0 Å². The molecule has 1 unspecified atom stereocenters. The molecular formula is C41H80NO7P. The Kier molecular flexibility index (Phi) is 34.1. The molecule has 0 heterocycles. The van der Waals surface area contributed by atoms with Gasteiger partial charge in [0.25, 0.3) is 7.82 Å². The second-order valence-electron chi connectivity index (χ2n) is 15.1. The lowest BCUT2D eigenvalue weighted by Crippen LogP contribution is -2.37. The monoisotopic (exact) mass is 730 g/mol. The topological polar surface area (TPSA) is 94.1 Å². The van der Waals surface area contributed by atoms with Crippen molar-refractivity contribution in [2.24, 2.45) is 0 Å². The number of quaternary nitrogens is 1. The molecular weight excluding hydrogens is 649 g/mol. The van der Waals surface area contributed by atoms with Crippen LogP contribution in [0.15, 0.2) is 24.5 Å². The number of ether oxygens (including phenoxy) is 2. The fraction of sp³-hybridized carbons (Fsp3) is 0.878. The molecule has 0 rings (SSSR count). The summed E-state index contributed by atoms with van der Waals surface area (Å²) >= 11 is 0. The van der Waals surface area contributed by atoms with Crippen molar-refractivity contribution in [3.8, 4) is 0 Å². The predicted molar refractivity (Wildman–Crippen MR) is 208 cm³/mol. The smallest absolute Gasteiger partial charge is 0.306 e. The van der Waals surface area contributed by atoms with Gasteiger partial charge in [-0.3, -0.25) is 9.36 Å². The van der Waals surface area contributed by atoms with Crippen molar-refractivity contribution in [3.05, 3.63) is 24.5 Å². The molecule has 0 spiro atoms. The maximum Gasteiger partial charge on any atom is 0.306 e. The van der Waals surface area contributed by atoms with Crippen LogP contribution in [0.2, 0.25) is 0 Å². The van der Waals surface area contributed by atoms with Crippen molar-refractivity contribution in [1.82, 2.24) is 0 Å². The first-order valence-electron chi connectivity index (χ1n) is 20.6.